The molecule has 146 valence electrons. The van der Waals surface area contributed by atoms with E-state index in [1.807, 2.05) is 31.4 Å². The second-order valence-corrected chi connectivity index (χ2v) is 7.05. The van der Waals surface area contributed by atoms with Crippen molar-refractivity contribution in [3.05, 3.63) is 42.0 Å². The van der Waals surface area contributed by atoms with Gasteiger partial charge in [0.2, 0.25) is 0 Å². The van der Waals surface area contributed by atoms with Crippen molar-refractivity contribution >= 4 is 6.03 Å². The number of nitrogens with one attached hydrogen (secondary N) is 1. The van der Waals surface area contributed by atoms with Gasteiger partial charge in [-0.1, -0.05) is 0 Å². The molecule has 27 heavy (non-hydrogen) atoms. The minimum atomic E-state index is -0.0761. The van der Waals surface area contributed by atoms with Gasteiger partial charge >= 0.3 is 6.03 Å². The van der Waals surface area contributed by atoms with E-state index >= 15 is 0 Å². The maximum Gasteiger partial charge on any atom is 0.318 e. The monoisotopic (exact) mass is 372 g/mol. The van der Waals surface area contributed by atoms with Gasteiger partial charge in [-0.25, -0.2) is 4.79 Å². The first kappa shape index (κ1) is 19.2. The van der Waals surface area contributed by atoms with Gasteiger partial charge in [0.1, 0.15) is 5.75 Å². The van der Waals surface area contributed by atoms with Crippen LogP contribution < -0.4 is 10.1 Å². The summed E-state index contributed by atoms with van der Waals surface area (Å²) in [5.74, 6) is 0.700. The number of aromatic nitrogens is 3. The minimum Gasteiger partial charge on any atom is -0.495 e. The van der Waals surface area contributed by atoms with Gasteiger partial charge in [0.25, 0.3) is 0 Å². The molecule has 2 aromatic heterocycles. The zero-order valence-corrected chi connectivity index (χ0v) is 16.3. The van der Waals surface area contributed by atoms with Crippen LogP contribution in [0.3, 0.4) is 0 Å². The number of piperidine rings is 1. The molecule has 0 atom stereocenters. The van der Waals surface area contributed by atoms with E-state index in [1.54, 1.807) is 22.9 Å². The van der Waals surface area contributed by atoms with Gasteiger partial charge in [-0.2, -0.15) is 5.10 Å². The topological polar surface area (TPSA) is 75.5 Å². The highest BCUT2D eigenvalue weighted by Gasteiger charge is 2.22. The molecule has 0 unspecified atom stereocenters. The Labute approximate surface area is 160 Å². The Hall–Kier alpha value is -2.61. The number of hydrogen-bond acceptors (Lipinski definition) is 5. The molecule has 2 aromatic rings. The Kier molecular flexibility index (Phi) is 6.28. The van der Waals surface area contributed by atoms with E-state index in [4.69, 9.17) is 4.74 Å². The van der Waals surface area contributed by atoms with Gasteiger partial charge in [-0.05, 0) is 51.2 Å². The highest BCUT2D eigenvalue weighted by molar-refractivity contribution is 5.74. The smallest absolute Gasteiger partial charge is 0.318 e. The molecule has 1 aliphatic heterocycles. The summed E-state index contributed by atoms with van der Waals surface area (Å²) in [6.45, 7) is 2.86. The van der Waals surface area contributed by atoms with Crippen molar-refractivity contribution in [1.29, 1.82) is 0 Å². The van der Waals surface area contributed by atoms with E-state index in [2.05, 4.69) is 27.3 Å². The summed E-state index contributed by atoms with van der Waals surface area (Å²) in [5.41, 5.74) is 1.66. The Morgan fingerprint density at radius 2 is 1.96 bits per heavy atom. The number of ether oxygens (including phenoxy) is 1. The van der Waals surface area contributed by atoms with Crippen LogP contribution in [-0.2, 0) is 20.1 Å². The first-order chi connectivity index (χ1) is 13.0. The van der Waals surface area contributed by atoms with Gasteiger partial charge in [0, 0.05) is 19.3 Å². The lowest BCUT2D eigenvalue weighted by molar-refractivity contribution is 0.175. The van der Waals surface area contributed by atoms with Crippen LogP contribution in [0.1, 0.15) is 24.2 Å². The van der Waals surface area contributed by atoms with E-state index in [0.717, 1.165) is 37.3 Å². The standard InChI is InChI=1S/C19H28N6O2/c1-23-9-6-15(7-10-23)21-19(26)25(14-17-8-11-24(2)22-17)13-16-4-5-18(27-3)12-20-16/h4-5,8,11-12,15H,6-7,9-10,13-14H2,1-3H3,(H,21,26). The van der Waals surface area contributed by atoms with Crippen molar-refractivity contribution in [2.24, 2.45) is 7.05 Å². The van der Waals surface area contributed by atoms with Crippen LogP contribution in [0.15, 0.2) is 30.6 Å². The fourth-order valence-electron chi connectivity index (χ4n) is 3.18. The molecule has 0 radical (unpaired) electrons. The number of rotatable bonds is 6. The largest absolute Gasteiger partial charge is 0.495 e. The molecule has 8 heteroatoms. The fraction of sp³-hybridized carbons (Fsp3) is 0.526. The zero-order valence-electron chi connectivity index (χ0n) is 16.3. The lowest BCUT2D eigenvalue weighted by atomic mass is 10.1. The van der Waals surface area contributed by atoms with Gasteiger partial charge in [0.05, 0.1) is 37.8 Å². The molecule has 1 saturated heterocycles. The highest BCUT2D eigenvalue weighted by Crippen LogP contribution is 2.14. The molecule has 3 heterocycles. The van der Waals surface area contributed by atoms with Crippen LogP contribution in [0.2, 0.25) is 0 Å². The number of hydrogen-bond donors (Lipinski definition) is 1. The van der Waals surface area contributed by atoms with Crippen molar-refractivity contribution in [1.82, 2.24) is 29.9 Å². The van der Waals surface area contributed by atoms with Crippen molar-refractivity contribution in [3.8, 4) is 5.75 Å². The van der Waals surface area contributed by atoms with E-state index in [0.29, 0.717) is 18.8 Å². The van der Waals surface area contributed by atoms with Crippen LogP contribution in [0.25, 0.3) is 0 Å². The van der Waals surface area contributed by atoms with Crippen LogP contribution >= 0.6 is 0 Å². The number of urea groups is 1. The summed E-state index contributed by atoms with van der Waals surface area (Å²) in [6, 6.07) is 5.80. The average Bonchev–Trinajstić information content (AvgIpc) is 3.08. The van der Waals surface area contributed by atoms with E-state index in [9.17, 15) is 4.79 Å². The van der Waals surface area contributed by atoms with Gasteiger partial charge < -0.3 is 19.9 Å². The summed E-state index contributed by atoms with van der Waals surface area (Å²) in [5, 5.41) is 7.59. The maximum atomic E-state index is 12.9. The molecule has 2 amide bonds. The summed E-state index contributed by atoms with van der Waals surface area (Å²) in [4.78, 5) is 21.4. The zero-order chi connectivity index (χ0) is 19.2. The average molecular weight is 372 g/mol. The Balaban J connectivity index is 1.68. The molecule has 1 fully saturated rings. The minimum absolute atomic E-state index is 0.0761. The predicted molar refractivity (Wildman–Crippen MR) is 102 cm³/mol. The molecule has 1 N–H and O–H groups in total. The van der Waals surface area contributed by atoms with Gasteiger partial charge in [-0.15, -0.1) is 0 Å². The number of carbonyl (C=O) groups is 1. The Morgan fingerprint density at radius 1 is 1.22 bits per heavy atom. The molecule has 0 aliphatic carbocycles. The summed E-state index contributed by atoms with van der Waals surface area (Å²) >= 11 is 0. The van der Waals surface area contributed by atoms with Crippen LogP contribution in [0.5, 0.6) is 5.75 Å². The number of carbonyl (C=O) groups excluding carboxylic acids is 1. The third-order valence-corrected chi connectivity index (χ3v) is 4.84. The van der Waals surface area contributed by atoms with Crippen molar-refractivity contribution in [3.63, 3.8) is 0 Å². The fourth-order valence-corrected chi connectivity index (χ4v) is 3.18. The molecule has 1 aliphatic rings. The third kappa shape index (κ3) is 5.43. The second kappa shape index (κ2) is 8.85. The Morgan fingerprint density at radius 3 is 2.56 bits per heavy atom. The number of pyridine rings is 1. The highest BCUT2D eigenvalue weighted by atomic mass is 16.5. The summed E-state index contributed by atoms with van der Waals surface area (Å²) in [6.07, 6.45) is 5.50. The lowest BCUT2D eigenvalue weighted by Crippen LogP contribution is -2.48. The number of aryl methyl sites for hydroxylation is 1. The van der Waals surface area contributed by atoms with Crippen LogP contribution in [-0.4, -0.2) is 63.9 Å². The maximum absolute atomic E-state index is 12.9. The first-order valence-corrected chi connectivity index (χ1v) is 9.25. The van der Waals surface area contributed by atoms with Gasteiger partial charge in [-0.3, -0.25) is 9.67 Å². The molecule has 0 aromatic carbocycles. The third-order valence-electron chi connectivity index (χ3n) is 4.84. The SMILES string of the molecule is COc1ccc(CN(Cc2ccn(C)n2)C(=O)NC2CCN(C)CC2)nc1. The molecule has 3 rings (SSSR count). The van der Waals surface area contributed by atoms with Crippen LogP contribution in [0.4, 0.5) is 4.79 Å². The van der Waals surface area contributed by atoms with Gasteiger partial charge in [0.15, 0.2) is 0 Å². The Bertz CT molecular complexity index is 737. The lowest BCUT2D eigenvalue weighted by Gasteiger charge is -2.31. The summed E-state index contributed by atoms with van der Waals surface area (Å²) in [7, 11) is 5.59. The van der Waals surface area contributed by atoms with Crippen molar-refractivity contribution < 1.29 is 9.53 Å². The summed E-state index contributed by atoms with van der Waals surface area (Å²) < 4.78 is 6.90. The van der Waals surface area contributed by atoms with E-state index < -0.39 is 0 Å². The number of likely N-dealkylation sites (tertiary alicyclic amines) is 1. The molecule has 0 bridgehead atoms. The molecule has 0 saturated carbocycles. The predicted octanol–water partition coefficient (Wildman–Crippen LogP) is 1.63. The molecular weight excluding hydrogens is 344 g/mol. The first-order valence-electron chi connectivity index (χ1n) is 9.25. The van der Waals surface area contributed by atoms with Crippen LogP contribution in [0, 0.1) is 0 Å². The number of methoxy groups -OCH3 is 1. The second-order valence-electron chi connectivity index (χ2n) is 7.05. The molecule has 8 nitrogen and oxygen atoms in total. The van der Waals surface area contributed by atoms with E-state index in [-0.39, 0.29) is 12.1 Å². The number of amides is 2. The van der Waals surface area contributed by atoms with E-state index in [1.165, 1.54) is 0 Å². The molecular formula is C19H28N6O2. The molecule has 0 spiro atoms. The number of nitrogens with zero attached hydrogens (tertiary/aromatic N) is 5. The van der Waals surface area contributed by atoms with Crippen molar-refractivity contribution in [2.75, 3.05) is 27.2 Å². The van der Waals surface area contributed by atoms with Crippen molar-refractivity contribution in [2.45, 2.75) is 32.0 Å². The normalized spacial score (nSPS) is 15.5. The quantitative estimate of drug-likeness (QED) is 0.834.